The number of halogens is 4. The van der Waals surface area contributed by atoms with Crippen molar-refractivity contribution in [3.8, 4) is 0 Å². The number of alkyl halides is 3. The summed E-state index contributed by atoms with van der Waals surface area (Å²) in [7, 11) is 0. The van der Waals surface area contributed by atoms with Crippen molar-refractivity contribution < 1.29 is 18.3 Å². The Morgan fingerprint density at radius 3 is 2.58 bits per heavy atom. The number of nitrogens with zero attached hydrogens (tertiary/aromatic N) is 2. The summed E-state index contributed by atoms with van der Waals surface area (Å²) in [6, 6.07) is 1.97. The number of thiophene rings is 1. The van der Waals surface area contributed by atoms with Crippen molar-refractivity contribution in [3.63, 3.8) is 0 Å². The molecule has 2 aromatic rings. The van der Waals surface area contributed by atoms with E-state index < -0.39 is 18.2 Å². The molecule has 1 fully saturated rings. The number of aliphatic hydroxyl groups is 1. The molecule has 1 aliphatic rings. The number of hydrogen-bond donors (Lipinski definition) is 1. The number of hydrogen-bond acceptors (Lipinski definition) is 4. The van der Waals surface area contributed by atoms with Gasteiger partial charge in [0.1, 0.15) is 4.83 Å². The Bertz CT molecular complexity index is 554. The lowest BCUT2D eigenvalue weighted by Crippen LogP contribution is -2.38. The van der Waals surface area contributed by atoms with Gasteiger partial charge in [-0.25, -0.2) is 9.97 Å². The Hall–Kier alpha value is -0.920. The molecule has 1 aliphatic carbocycles. The summed E-state index contributed by atoms with van der Waals surface area (Å²) < 4.78 is 34.7. The van der Waals surface area contributed by atoms with E-state index in [0.717, 1.165) is 10.2 Å². The summed E-state index contributed by atoms with van der Waals surface area (Å²) in [5.41, 5.74) is 0. The average molecular weight is 311 g/mol. The minimum Gasteiger partial charge on any atom is -0.393 e. The molecule has 0 bridgehead atoms. The third-order valence-corrected chi connectivity index (χ3v) is 3.76. The van der Waals surface area contributed by atoms with Crippen LogP contribution in [0.25, 0.3) is 10.2 Å². The van der Waals surface area contributed by atoms with Crippen LogP contribution in [0.1, 0.15) is 12.8 Å². The van der Waals surface area contributed by atoms with Crippen LogP contribution in [-0.4, -0.2) is 27.4 Å². The molecule has 3 rings (SSSR count). The minimum atomic E-state index is -4.08. The third kappa shape index (κ3) is 3.77. The van der Waals surface area contributed by atoms with Crippen molar-refractivity contribution in [1.82, 2.24) is 9.97 Å². The largest absolute Gasteiger partial charge is 0.393 e. The molecule has 3 nitrogen and oxygen atoms in total. The van der Waals surface area contributed by atoms with Gasteiger partial charge in [-0.1, -0.05) is 0 Å². The average Bonchev–Trinajstić information content (AvgIpc) is 2.71. The van der Waals surface area contributed by atoms with Crippen LogP contribution >= 0.6 is 22.9 Å². The second-order valence-corrected chi connectivity index (χ2v) is 5.42. The lowest BCUT2D eigenvalue weighted by molar-refractivity contribution is -0.213. The first-order valence-corrected chi connectivity index (χ1v) is 6.72. The van der Waals surface area contributed by atoms with Crippen LogP contribution in [0.4, 0.5) is 13.2 Å². The fourth-order valence-electron chi connectivity index (χ4n) is 1.59. The van der Waals surface area contributed by atoms with Crippen molar-refractivity contribution in [1.29, 1.82) is 0 Å². The van der Waals surface area contributed by atoms with Crippen molar-refractivity contribution in [3.05, 3.63) is 22.9 Å². The van der Waals surface area contributed by atoms with E-state index in [2.05, 4.69) is 9.97 Å². The molecule has 0 aliphatic heterocycles. The zero-order valence-electron chi connectivity index (χ0n) is 9.56. The molecule has 0 aromatic carbocycles. The second-order valence-electron chi connectivity index (χ2n) is 4.18. The molecular weight excluding hydrogens is 301 g/mol. The molecule has 0 unspecified atom stereocenters. The molecule has 2 heterocycles. The van der Waals surface area contributed by atoms with Gasteiger partial charge in [-0.05, 0) is 35.9 Å². The zero-order chi connectivity index (χ0) is 14.0. The molecule has 1 N–H and O–H groups in total. The summed E-state index contributed by atoms with van der Waals surface area (Å²) >= 11 is 7.13. The topological polar surface area (TPSA) is 46.0 Å². The highest BCUT2D eigenvalue weighted by atomic mass is 35.5. The number of aromatic nitrogens is 2. The van der Waals surface area contributed by atoms with Crippen LogP contribution in [0, 0.1) is 5.92 Å². The Morgan fingerprint density at radius 1 is 1.37 bits per heavy atom. The van der Waals surface area contributed by atoms with E-state index in [1.54, 1.807) is 17.5 Å². The van der Waals surface area contributed by atoms with Gasteiger partial charge in [0, 0.05) is 11.6 Å². The molecule has 2 aromatic heterocycles. The van der Waals surface area contributed by atoms with Gasteiger partial charge in [0.05, 0.1) is 12.0 Å². The van der Waals surface area contributed by atoms with Gasteiger partial charge in [-0.3, -0.25) is 0 Å². The lowest BCUT2D eigenvalue weighted by atomic mass is 9.82. The monoisotopic (exact) mass is 310 g/mol. The van der Waals surface area contributed by atoms with Gasteiger partial charge in [0.25, 0.3) is 0 Å². The van der Waals surface area contributed by atoms with E-state index in [1.165, 1.54) is 0 Å². The first-order valence-electron chi connectivity index (χ1n) is 5.47. The maximum absolute atomic E-state index is 11.6. The first kappa shape index (κ1) is 14.5. The molecule has 1 saturated carbocycles. The highest BCUT2D eigenvalue weighted by molar-refractivity contribution is 7.16. The van der Waals surface area contributed by atoms with E-state index >= 15 is 0 Å². The fourth-order valence-corrected chi connectivity index (χ4v) is 2.51. The van der Waals surface area contributed by atoms with Gasteiger partial charge in [-0.15, -0.1) is 11.3 Å². The normalized spacial score (nSPS) is 22.6. The third-order valence-electron chi connectivity index (χ3n) is 2.75. The summed E-state index contributed by atoms with van der Waals surface area (Å²) in [5.74, 6) is -1.24. The van der Waals surface area contributed by atoms with E-state index in [-0.39, 0.29) is 12.8 Å². The summed E-state index contributed by atoms with van der Waals surface area (Å²) in [6.45, 7) is 0. The quantitative estimate of drug-likeness (QED) is 0.755. The van der Waals surface area contributed by atoms with E-state index in [4.69, 9.17) is 16.7 Å². The SMILES string of the molecule is Clc1ncc2ccsc2n1.OC1CC(C(F)(F)F)C1. The van der Waals surface area contributed by atoms with Gasteiger partial charge < -0.3 is 5.11 Å². The summed E-state index contributed by atoms with van der Waals surface area (Å²) in [4.78, 5) is 8.79. The molecule has 0 spiro atoms. The first-order chi connectivity index (χ1) is 8.86. The van der Waals surface area contributed by atoms with Crippen molar-refractivity contribution in [2.45, 2.75) is 25.1 Å². The standard InChI is InChI=1S/C6H3ClN2S.C5H7F3O/c7-6-8-3-4-1-2-10-5(4)9-6;6-5(7,8)3-1-4(9)2-3/h1-3H;3-4,9H,1-2H2. The number of aliphatic hydroxyl groups excluding tert-OH is 1. The molecule has 104 valence electrons. The highest BCUT2D eigenvalue weighted by Crippen LogP contribution is 2.40. The highest BCUT2D eigenvalue weighted by Gasteiger charge is 2.47. The minimum absolute atomic E-state index is 0.108. The second kappa shape index (κ2) is 5.60. The van der Waals surface area contributed by atoms with E-state index in [1.807, 2.05) is 11.4 Å². The Morgan fingerprint density at radius 2 is 2.05 bits per heavy atom. The summed E-state index contributed by atoms with van der Waals surface area (Å²) in [6.07, 6.45) is -3.29. The summed E-state index contributed by atoms with van der Waals surface area (Å²) in [5, 5.41) is 11.8. The van der Waals surface area contributed by atoms with Gasteiger partial charge in [0.2, 0.25) is 5.28 Å². The molecule has 8 heteroatoms. The van der Waals surface area contributed by atoms with Crippen LogP contribution in [0.2, 0.25) is 5.28 Å². The fraction of sp³-hybridized carbons (Fsp3) is 0.455. The lowest BCUT2D eigenvalue weighted by Gasteiger charge is -2.32. The van der Waals surface area contributed by atoms with Gasteiger partial charge in [0.15, 0.2) is 0 Å². The molecule has 0 amide bonds. The van der Waals surface area contributed by atoms with Crippen LogP contribution in [0.3, 0.4) is 0 Å². The van der Waals surface area contributed by atoms with E-state index in [0.29, 0.717) is 5.28 Å². The molecule has 0 radical (unpaired) electrons. The molecule has 19 heavy (non-hydrogen) atoms. The van der Waals surface area contributed by atoms with Crippen LogP contribution in [0.5, 0.6) is 0 Å². The maximum atomic E-state index is 11.6. The van der Waals surface area contributed by atoms with Gasteiger partial charge >= 0.3 is 6.18 Å². The maximum Gasteiger partial charge on any atom is 0.392 e. The molecule has 0 atom stereocenters. The Kier molecular flexibility index (Phi) is 4.27. The van der Waals surface area contributed by atoms with Crippen LogP contribution in [-0.2, 0) is 0 Å². The molecular formula is C11H10ClF3N2OS. The number of fused-ring (bicyclic) bond motifs is 1. The smallest absolute Gasteiger partial charge is 0.392 e. The van der Waals surface area contributed by atoms with E-state index in [9.17, 15) is 13.2 Å². The van der Waals surface area contributed by atoms with Crippen molar-refractivity contribution >= 4 is 33.2 Å². The number of rotatable bonds is 0. The Labute approximate surface area is 116 Å². The van der Waals surface area contributed by atoms with Crippen molar-refractivity contribution in [2.24, 2.45) is 5.92 Å². The van der Waals surface area contributed by atoms with Gasteiger partial charge in [-0.2, -0.15) is 13.2 Å². The predicted octanol–water partition coefficient (Wildman–Crippen LogP) is 3.66. The van der Waals surface area contributed by atoms with Crippen LogP contribution in [0.15, 0.2) is 17.6 Å². The predicted molar refractivity (Wildman–Crippen MR) is 67.2 cm³/mol. The van der Waals surface area contributed by atoms with Crippen LogP contribution < -0.4 is 0 Å². The Balaban J connectivity index is 0.000000141. The van der Waals surface area contributed by atoms with Crippen molar-refractivity contribution in [2.75, 3.05) is 0 Å². The molecule has 0 saturated heterocycles. The zero-order valence-corrected chi connectivity index (χ0v) is 11.1.